The zero-order chi connectivity index (χ0) is 14.1. The molecule has 3 rings (SSSR count). The van der Waals surface area contributed by atoms with Gasteiger partial charge in [0, 0.05) is 4.88 Å². The number of esters is 1. The van der Waals surface area contributed by atoms with E-state index in [9.17, 15) is 4.79 Å². The van der Waals surface area contributed by atoms with Crippen LogP contribution in [0.25, 0.3) is 0 Å². The van der Waals surface area contributed by atoms with Gasteiger partial charge < -0.3 is 15.8 Å². The molecule has 0 amide bonds. The standard InChI is InChI=1S/C14H15N3O2S/c1-19-13(18)8-4-2-6-10(12(8)15)17-14-16-9-5-3-7-11(9)20-14/h2,4,6H,3,5,7,15H2,1H3,(H,16,17). The number of aromatic nitrogens is 1. The highest BCUT2D eigenvalue weighted by Crippen LogP contribution is 2.34. The van der Waals surface area contributed by atoms with Gasteiger partial charge in [-0.15, -0.1) is 11.3 Å². The van der Waals surface area contributed by atoms with E-state index >= 15 is 0 Å². The number of nitrogens with two attached hydrogens (primary N) is 1. The molecule has 0 saturated heterocycles. The third-order valence-corrected chi connectivity index (χ3v) is 4.42. The van der Waals surface area contributed by atoms with Gasteiger partial charge in [0.15, 0.2) is 5.13 Å². The molecule has 6 heteroatoms. The Morgan fingerprint density at radius 2 is 2.30 bits per heavy atom. The van der Waals surface area contributed by atoms with Crippen molar-refractivity contribution in [3.63, 3.8) is 0 Å². The van der Waals surface area contributed by atoms with Crippen molar-refractivity contribution in [1.29, 1.82) is 0 Å². The summed E-state index contributed by atoms with van der Waals surface area (Å²) in [6.07, 6.45) is 3.34. The van der Waals surface area contributed by atoms with Gasteiger partial charge in [0.2, 0.25) is 0 Å². The molecular formula is C14H15N3O2S. The highest BCUT2D eigenvalue weighted by molar-refractivity contribution is 7.15. The monoisotopic (exact) mass is 289 g/mol. The minimum atomic E-state index is -0.437. The molecule has 0 unspecified atom stereocenters. The summed E-state index contributed by atoms with van der Waals surface area (Å²) in [6, 6.07) is 5.24. The molecule has 0 aliphatic heterocycles. The second-order valence-corrected chi connectivity index (χ2v) is 5.71. The van der Waals surface area contributed by atoms with Gasteiger partial charge in [-0.05, 0) is 31.4 Å². The number of nitrogen functional groups attached to an aromatic ring is 1. The summed E-state index contributed by atoms with van der Waals surface area (Å²) in [5.41, 5.74) is 8.62. The Morgan fingerprint density at radius 1 is 1.45 bits per heavy atom. The first-order chi connectivity index (χ1) is 9.69. The summed E-state index contributed by atoms with van der Waals surface area (Å²) >= 11 is 1.65. The van der Waals surface area contributed by atoms with Gasteiger partial charge in [-0.1, -0.05) is 6.07 Å². The minimum Gasteiger partial charge on any atom is -0.465 e. The van der Waals surface area contributed by atoms with Gasteiger partial charge >= 0.3 is 5.97 Å². The molecule has 2 aromatic rings. The number of carbonyl (C=O) groups excluding carboxylic acids is 1. The molecule has 0 saturated carbocycles. The predicted molar refractivity (Wildman–Crippen MR) is 79.6 cm³/mol. The summed E-state index contributed by atoms with van der Waals surface area (Å²) in [5, 5.41) is 4.02. The molecule has 104 valence electrons. The summed E-state index contributed by atoms with van der Waals surface area (Å²) in [5.74, 6) is -0.437. The Morgan fingerprint density at radius 3 is 3.05 bits per heavy atom. The summed E-state index contributed by atoms with van der Waals surface area (Å²) in [7, 11) is 1.34. The number of ether oxygens (including phenoxy) is 1. The first kappa shape index (κ1) is 12.9. The zero-order valence-corrected chi connectivity index (χ0v) is 11.9. The molecule has 5 nitrogen and oxygen atoms in total. The van der Waals surface area contributed by atoms with Gasteiger partial charge in [-0.2, -0.15) is 0 Å². The second kappa shape index (κ2) is 5.13. The van der Waals surface area contributed by atoms with Crippen molar-refractivity contribution in [3.8, 4) is 0 Å². The van der Waals surface area contributed by atoms with E-state index in [1.165, 1.54) is 24.1 Å². The van der Waals surface area contributed by atoms with E-state index in [0.717, 1.165) is 18.0 Å². The maximum absolute atomic E-state index is 11.6. The molecule has 1 aliphatic rings. The lowest BCUT2D eigenvalue weighted by Gasteiger charge is -2.10. The number of aryl methyl sites for hydroxylation is 2. The van der Waals surface area contributed by atoms with E-state index in [4.69, 9.17) is 10.5 Å². The number of fused-ring (bicyclic) bond motifs is 1. The fourth-order valence-corrected chi connectivity index (χ4v) is 3.38. The van der Waals surface area contributed by atoms with Crippen molar-refractivity contribution in [2.45, 2.75) is 19.3 Å². The van der Waals surface area contributed by atoms with Crippen LogP contribution in [0.1, 0.15) is 27.3 Å². The highest BCUT2D eigenvalue weighted by atomic mass is 32.1. The summed E-state index contributed by atoms with van der Waals surface area (Å²) in [6.45, 7) is 0. The molecule has 0 fully saturated rings. The topological polar surface area (TPSA) is 77.2 Å². The maximum atomic E-state index is 11.6. The van der Waals surface area contributed by atoms with Crippen LogP contribution in [0.5, 0.6) is 0 Å². The van der Waals surface area contributed by atoms with Crippen LogP contribution in [0, 0.1) is 0 Å². The van der Waals surface area contributed by atoms with Crippen molar-refractivity contribution in [2.75, 3.05) is 18.2 Å². The zero-order valence-electron chi connectivity index (χ0n) is 11.1. The third kappa shape index (κ3) is 2.22. The number of hydrogen-bond donors (Lipinski definition) is 2. The average Bonchev–Trinajstić information content (AvgIpc) is 3.01. The second-order valence-electron chi connectivity index (χ2n) is 4.63. The number of nitrogens with one attached hydrogen (secondary N) is 1. The van der Waals surface area contributed by atoms with E-state index in [2.05, 4.69) is 10.3 Å². The van der Waals surface area contributed by atoms with E-state index in [0.29, 0.717) is 16.9 Å². The number of rotatable bonds is 3. The van der Waals surface area contributed by atoms with Crippen LogP contribution in [0.15, 0.2) is 18.2 Å². The van der Waals surface area contributed by atoms with Crippen LogP contribution in [0.2, 0.25) is 0 Å². The van der Waals surface area contributed by atoms with Crippen LogP contribution < -0.4 is 11.1 Å². The molecule has 0 bridgehead atoms. The van der Waals surface area contributed by atoms with Crippen molar-refractivity contribution >= 4 is 33.8 Å². The number of methoxy groups -OCH3 is 1. The Balaban J connectivity index is 1.88. The Bertz CT molecular complexity index is 645. The molecule has 1 aromatic heterocycles. The molecule has 0 spiro atoms. The molecular weight excluding hydrogens is 274 g/mol. The first-order valence-electron chi connectivity index (χ1n) is 6.41. The lowest BCUT2D eigenvalue weighted by molar-refractivity contribution is 0.0602. The van der Waals surface area contributed by atoms with Crippen LogP contribution in [0.4, 0.5) is 16.5 Å². The van der Waals surface area contributed by atoms with E-state index in [1.807, 2.05) is 6.07 Å². The van der Waals surface area contributed by atoms with Crippen LogP contribution in [0.3, 0.4) is 0 Å². The Hall–Kier alpha value is -2.08. The van der Waals surface area contributed by atoms with Crippen molar-refractivity contribution < 1.29 is 9.53 Å². The van der Waals surface area contributed by atoms with E-state index < -0.39 is 5.97 Å². The smallest absolute Gasteiger partial charge is 0.340 e. The first-order valence-corrected chi connectivity index (χ1v) is 7.23. The number of benzene rings is 1. The molecule has 3 N–H and O–H groups in total. The van der Waals surface area contributed by atoms with Gasteiger partial charge in [0.25, 0.3) is 0 Å². The number of thiazole rings is 1. The minimum absolute atomic E-state index is 0.363. The SMILES string of the molecule is COC(=O)c1cccc(Nc2nc3c(s2)CCC3)c1N. The average molecular weight is 289 g/mol. The molecule has 1 heterocycles. The van der Waals surface area contributed by atoms with Crippen molar-refractivity contribution in [2.24, 2.45) is 0 Å². The van der Waals surface area contributed by atoms with Crippen molar-refractivity contribution in [3.05, 3.63) is 34.3 Å². The van der Waals surface area contributed by atoms with E-state index in [-0.39, 0.29) is 0 Å². The van der Waals surface area contributed by atoms with Gasteiger partial charge in [0.1, 0.15) is 0 Å². The number of anilines is 3. The summed E-state index contributed by atoms with van der Waals surface area (Å²) < 4.78 is 4.71. The lowest BCUT2D eigenvalue weighted by atomic mass is 10.1. The summed E-state index contributed by atoms with van der Waals surface area (Å²) in [4.78, 5) is 17.5. The van der Waals surface area contributed by atoms with Crippen LogP contribution in [-0.4, -0.2) is 18.1 Å². The molecule has 1 aliphatic carbocycles. The Kier molecular flexibility index (Phi) is 3.31. The fourth-order valence-electron chi connectivity index (χ4n) is 2.32. The molecule has 1 aromatic carbocycles. The number of para-hydroxylation sites is 1. The quantitative estimate of drug-likeness (QED) is 0.671. The predicted octanol–water partition coefficient (Wildman–Crippen LogP) is 2.74. The van der Waals surface area contributed by atoms with Gasteiger partial charge in [0.05, 0.1) is 29.7 Å². The lowest BCUT2D eigenvalue weighted by Crippen LogP contribution is -2.07. The number of nitrogens with zero attached hydrogens (tertiary/aromatic N) is 1. The van der Waals surface area contributed by atoms with Crippen molar-refractivity contribution in [1.82, 2.24) is 4.98 Å². The largest absolute Gasteiger partial charge is 0.465 e. The van der Waals surface area contributed by atoms with Gasteiger partial charge in [-0.25, -0.2) is 9.78 Å². The maximum Gasteiger partial charge on any atom is 0.340 e. The normalized spacial score (nSPS) is 13.1. The van der Waals surface area contributed by atoms with Gasteiger partial charge in [-0.3, -0.25) is 0 Å². The highest BCUT2D eigenvalue weighted by Gasteiger charge is 2.18. The molecule has 0 atom stereocenters. The molecule has 0 radical (unpaired) electrons. The Labute approximate surface area is 120 Å². The van der Waals surface area contributed by atoms with Crippen LogP contribution >= 0.6 is 11.3 Å². The number of carbonyl (C=O) groups is 1. The van der Waals surface area contributed by atoms with Crippen LogP contribution in [-0.2, 0) is 17.6 Å². The fraction of sp³-hybridized carbons (Fsp3) is 0.286. The third-order valence-electron chi connectivity index (χ3n) is 3.35. The van der Waals surface area contributed by atoms with E-state index in [1.54, 1.807) is 23.5 Å². The molecule has 20 heavy (non-hydrogen) atoms. The number of hydrogen-bond acceptors (Lipinski definition) is 6.